The van der Waals surface area contributed by atoms with E-state index in [9.17, 15) is 14.7 Å². The van der Waals surface area contributed by atoms with E-state index in [1.807, 2.05) is 0 Å². The molecule has 0 saturated carbocycles. The minimum Gasteiger partial charge on any atom is -0.493 e. The molecule has 0 aliphatic heterocycles. The van der Waals surface area contributed by atoms with Gasteiger partial charge in [-0.15, -0.1) is 0 Å². The normalized spacial score (nSPS) is 11.8. The Morgan fingerprint density at radius 1 is 1.17 bits per heavy atom. The van der Waals surface area contributed by atoms with Gasteiger partial charge in [0, 0.05) is 12.1 Å². The number of para-hydroxylation sites is 1. The van der Waals surface area contributed by atoms with Gasteiger partial charge >= 0.3 is 0 Å². The van der Waals surface area contributed by atoms with Crippen molar-refractivity contribution >= 4 is 40.6 Å². The van der Waals surface area contributed by atoms with E-state index in [1.54, 1.807) is 48.3 Å². The van der Waals surface area contributed by atoms with Crippen molar-refractivity contribution in [3.05, 3.63) is 52.0 Å². The number of aliphatic hydroxyl groups excluding tert-OH is 1. The van der Waals surface area contributed by atoms with Gasteiger partial charge in [-0.3, -0.25) is 14.5 Å². The monoisotopic (exact) mass is 454 g/mol. The number of halogens is 2. The van der Waals surface area contributed by atoms with Gasteiger partial charge in [-0.1, -0.05) is 29.3 Å². The van der Waals surface area contributed by atoms with E-state index < -0.39 is 6.10 Å². The highest BCUT2D eigenvalue weighted by atomic mass is 35.5. The number of methoxy groups -OCH3 is 1. The number of carbonyl (C=O) groups is 2. The van der Waals surface area contributed by atoms with E-state index in [0.29, 0.717) is 32.8 Å². The number of ether oxygens (including phenoxy) is 2. The molecule has 0 saturated heterocycles. The van der Waals surface area contributed by atoms with Gasteiger partial charge in [-0.05, 0) is 44.3 Å². The van der Waals surface area contributed by atoms with Crippen LogP contribution >= 0.6 is 23.2 Å². The molecule has 0 radical (unpaired) electrons. The summed E-state index contributed by atoms with van der Waals surface area (Å²) in [6, 6.07) is 9.78. The number of hydrogen-bond donors (Lipinski definition) is 2. The zero-order chi connectivity index (χ0) is 22.3. The molecule has 1 unspecified atom stereocenters. The summed E-state index contributed by atoms with van der Waals surface area (Å²) in [6.07, 6.45) is -0.858. The number of hydrogen-bond acceptors (Lipinski definition) is 6. The second-order valence-corrected chi connectivity index (χ2v) is 7.54. The summed E-state index contributed by atoms with van der Waals surface area (Å²) in [6.45, 7) is 1.66. The summed E-state index contributed by atoms with van der Waals surface area (Å²) in [4.78, 5) is 25.3. The van der Waals surface area contributed by atoms with Gasteiger partial charge in [-0.2, -0.15) is 0 Å². The molecule has 0 aliphatic rings. The number of nitrogens with zero attached hydrogens (tertiary/aromatic N) is 1. The Labute approximate surface area is 185 Å². The number of aliphatic hydroxyl groups is 1. The topological polar surface area (TPSA) is 88.1 Å². The molecular formula is C21H24Cl2N2O5. The molecule has 0 aliphatic carbocycles. The van der Waals surface area contributed by atoms with Crippen LogP contribution in [0.15, 0.2) is 36.4 Å². The van der Waals surface area contributed by atoms with Crippen molar-refractivity contribution in [2.45, 2.75) is 13.0 Å². The van der Waals surface area contributed by atoms with Crippen molar-refractivity contribution in [3.63, 3.8) is 0 Å². The van der Waals surface area contributed by atoms with E-state index in [1.165, 1.54) is 14.0 Å². The van der Waals surface area contributed by atoms with E-state index >= 15 is 0 Å². The van der Waals surface area contributed by atoms with Crippen LogP contribution in [-0.2, 0) is 4.79 Å². The van der Waals surface area contributed by atoms with E-state index in [-0.39, 0.29) is 31.4 Å². The van der Waals surface area contributed by atoms with Crippen LogP contribution in [0.2, 0.25) is 10.0 Å². The maximum absolute atomic E-state index is 12.2. The van der Waals surface area contributed by atoms with Crippen LogP contribution in [0.5, 0.6) is 11.5 Å². The molecule has 30 heavy (non-hydrogen) atoms. The molecule has 7 nitrogen and oxygen atoms in total. The van der Waals surface area contributed by atoms with E-state index in [4.69, 9.17) is 32.7 Å². The van der Waals surface area contributed by atoms with Crippen LogP contribution in [-0.4, -0.2) is 61.7 Å². The van der Waals surface area contributed by atoms with Crippen LogP contribution in [0.3, 0.4) is 0 Å². The highest BCUT2D eigenvalue weighted by Gasteiger charge is 2.16. The van der Waals surface area contributed by atoms with Crippen molar-refractivity contribution in [1.82, 2.24) is 4.90 Å². The number of carbonyl (C=O) groups excluding carboxylic acids is 2. The third-order valence-corrected chi connectivity index (χ3v) is 4.79. The Balaban J connectivity index is 1.85. The lowest BCUT2D eigenvalue weighted by molar-refractivity contribution is -0.117. The number of amides is 1. The molecule has 2 rings (SSSR count). The Hall–Kier alpha value is -2.32. The lowest BCUT2D eigenvalue weighted by atomic mass is 10.1. The van der Waals surface area contributed by atoms with Gasteiger partial charge in [0.1, 0.15) is 12.7 Å². The number of rotatable bonds is 10. The molecule has 2 aromatic carbocycles. The van der Waals surface area contributed by atoms with E-state index in [2.05, 4.69) is 5.32 Å². The molecule has 0 spiro atoms. The van der Waals surface area contributed by atoms with Crippen molar-refractivity contribution < 1.29 is 24.2 Å². The van der Waals surface area contributed by atoms with Crippen molar-refractivity contribution in [1.29, 1.82) is 0 Å². The summed E-state index contributed by atoms with van der Waals surface area (Å²) in [5.41, 5.74) is 0.855. The molecule has 9 heteroatoms. The van der Waals surface area contributed by atoms with Crippen LogP contribution < -0.4 is 14.8 Å². The van der Waals surface area contributed by atoms with Gasteiger partial charge in [-0.25, -0.2) is 0 Å². The third kappa shape index (κ3) is 6.88. The van der Waals surface area contributed by atoms with Crippen LogP contribution in [0.4, 0.5) is 5.69 Å². The predicted octanol–water partition coefficient (Wildman–Crippen LogP) is 3.51. The van der Waals surface area contributed by atoms with Gasteiger partial charge in [0.25, 0.3) is 0 Å². The molecule has 0 aromatic heterocycles. The highest BCUT2D eigenvalue weighted by Crippen LogP contribution is 2.30. The summed E-state index contributed by atoms with van der Waals surface area (Å²) < 4.78 is 10.8. The van der Waals surface area contributed by atoms with Crippen molar-refractivity contribution in [2.24, 2.45) is 0 Å². The first-order valence-electron chi connectivity index (χ1n) is 9.13. The SMILES string of the molecule is COc1cc(C(C)=O)ccc1OCC(O)CN(C)CC(=O)Nc1c(Cl)cccc1Cl. The maximum atomic E-state index is 12.2. The van der Waals surface area contributed by atoms with Crippen LogP contribution in [0.1, 0.15) is 17.3 Å². The van der Waals surface area contributed by atoms with Gasteiger partial charge in [0.2, 0.25) is 5.91 Å². The third-order valence-electron chi connectivity index (χ3n) is 4.16. The molecule has 0 bridgehead atoms. The quantitative estimate of drug-likeness (QED) is 0.534. The van der Waals surface area contributed by atoms with Crippen LogP contribution in [0.25, 0.3) is 0 Å². The lowest BCUT2D eigenvalue weighted by Gasteiger charge is -2.21. The summed E-state index contributed by atoms with van der Waals surface area (Å²) in [5.74, 6) is 0.412. The minimum absolute atomic E-state index is 0.0158. The maximum Gasteiger partial charge on any atom is 0.238 e. The second kappa shape index (κ2) is 11.2. The zero-order valence-corrected chi connectivity index (χ0v) is 18.5. The van der Waals surface area contributed by atoms with Gasteiger partial charge in [0.15, 0.2) is 17.3 Å². The average Bonchev–Trinajstić information content (AvgIpc) is 2.68. The fourth-order valence-corrected chi connectivity index (χ4v) is 3.20. The number of ketones is 1. The number of benzene rings is 2. The first kappa shape index (κ1) is 24.0. The second-order valence-electron chi connectivity index (χ2n) is 6.73. The number of anilines is 1. The van der Waals surface area contributed by atoms with Gasteiger partial charge < -0.3 is 19.9 Å². The largest absolute Gasteiger partial charge is 0.493 e. The zero-order valence-electron chi connectivity index (χ0n) is 16.9. The molecule has 0 heterocycles. The van der Waals surface area contributed by atoms with Crippen molar-refractivity contribution in [3.8, 4) is 11.5 Å². The van der Waals surface area contributed by atoms with Crippen LogP contribution in [0, 0.1) is 0 Å². The molecule has 1 atom stereocenters. The first-order valence-corrected chi connectivity index (χ1v) is 9.89. The molecular weight excluding hydrogens is 431 g/mol. The minimum atomic E-state index is -0.858. The Bertz CT molecular complexity index is 887. The summed E-state index contributed by atoms with van der Waals surface area (Å²) in [7, 11) is 3.17. The highest BCUT2D eigenvalue weighted by molar-refractivity contribution is 6.39. The fraction of sp³-hybridized carbons (Fsp3) is 0.333. The lowest BCUT2D eigenvalue weighted by Crippen LogP contribution is -2.37. The standard InChI is InChI=1S/C21H24Cl2N2O5/c1-13(26)14-7-8-18(19(9-14)29-3)30-12-15(27)10-25(2)11-20(28)24-21-16(22)5-4-6-17(21)23/h4-9,15,27H,10-12H2,1-3H3,(H,24,28). The molecule has 2 N–H and O–H groups in total. The summed E-state index contributed by atoms with van der Waals surface area (Å²) >= 11 is 12.1. The number of nitrogens with one attached hydrogen (secondary N) is 1. The average molecular weight is 455 g/mol. The number of Topliss-reactive ketones (excluding diaryl/α,β-unsaturated/α-hetero) is 1. The molecule has 1 amide bonds. The smallest absolute Gasteiger partial charge is 0.238 e. The fourth-order valence-electron chi connectivity index (χ4n) is 2.71. The van der Waals surface area contributed by atoms with Gasteiger partial charge in [0.05, 0.1) is 29.4 Å². The number of likely N-dealkylation sites (N-methyl/N-ethyl adjacent to an activating group) is 1. The Morgan fingerprint density at radius 3 is 2.43 bits per heavy atom. The Morgan fingerprint density at radius 2 is 1.83 bits per heavy atom. The molecule has 0 fully saturated rings. The van der Waals surface area contributed by atoms with Crippen molar-refractivity contribution in [2.75, 3.05) is 39.2 Å². The Kier molecular flexibility index (Phi) is 8.92. The predicted molar refractivity (Wildman–Crippen MR) is 117 cm³/mol. The molecule has 2 aromatic rings. The summed E-state index contributed by atoms with van der Waals surface area (Å²) in [5, 5.41) is 13.6. The first-order chi connectivity index (χ1) is 14.2. The van der Waals surface area contributed by atoms with E-state index in [0.717, 1.165) is 0 Å². The molecule has 162 valence electrons.